The molecule has 5 heteroatoms. The van der Waals surface area contributed by atoms with Crippen molar-refractivity contribution in [1.29, 1.82) is 0 Å². The van der Waals surface area contributed by atoms with Crippen molar-refractivity contribution in [3.05, 3.63) is 137 Å². The molecular weight excluding hydrogens is 697 g/mol. The average molecular weight is 742 g/mol. The van der Waals surface area contributed by atoms with E-state index in [0.717, 1.165) is 0 Å². The van der Waals surface area contributed by atoms with Gasteiger partial charge in [0.15, 0.2) is 0 Å². The Morgan fingerprint density at radius 2 is 0.759 bits per heavy atom. The molecule has 0 radical (unpaired) electrons. The third kappa shape index (κ3) is 3.68. The molecule has 9 aromatic rings. The van der Waals surface area contributed by atoms with Gasteiger partial charge in [-0.1, -0.05) is 178 Å². The van der Waals surface area contributed by atoms with E-state index in [1.54, 1.807) is 0 Å². The molecule has 276 valence electrons. The maximum Gasteiger partial charge on any atom is 0.252 e. The molecule has 0 aliphatic carbocycles. The van der Waals surface area contributed by atoms with Gasteiger partial charge >= 0.3 is 0 Å². The minimum atomic E-state index is -0.0240. The molecule has 0 fully saturated rings. The third-order valence-corrected chi connectivity index (χ3v) is 15.0. The molecule has 2 aromatic heterocycles. The van der Waals surface area contributed by atoms with Crippen molar-refractivity contribution in [3.8, 4) is 11.4 Å². The molecule has 0 unspecified atom stereocenters. The van der Waals surface area contributed by atoms with Crippen molar-refractivity contribution in [2.45, 2.75) is 73.1 Å². The Morgan fingerprint density at radius 1 is 0.379 bits per heavy atom. The highest BCUT2D eigenvalue weighted by molar-refractivity contribution is 7.06. The van der Waals surface area contributed by atoms with Crippen LogP contribution in [0, 0.1) is 20.8 Å². The second-order valence-corrected chi connectivity index (χ2v) is 20.1. The first kappa shape index (κ1) is 33.3. The Balaban J connectivity index is 1.35. The van der Waals surface area contributed by atoms with Gasteiger partial charge in [-0.2, -0.15) is 0 Å². The van der Waals surface area contributed by atoms with Crippen molar-refractivity contribution in [2.24, 2.45) is 0 Å². The molecule has 2 nitrogen and oxygen atoms in total. The zero-order chi connectivity index (χ0) is 39.5. The van der Waals surface area contributed by atoms with Gasteiger partial charge in [-0.3, -0.25) is 0 Å². The molecule has 0 amide bonds. The first-order valence-electron chi connectivity index (χ1n) is 21.4. The van der Waals surface area contributed by atoms with Crippen LogP contribution in [0.5, 0.6) is 0 Å². The Kier molecular flexibility index (Phi) is 6.03. The lowest BCUT2D eigenvalue weighted by Crippen LogP contribution is -2.70. The van der Waals surface area contributed by atoms with E-state index in [1.165, 1.54) is 132 Å². The molecule has 0 atom stereocenters. The smallest absolute Gasteiger partial charge is 0.252 e. The van der Waals surface area contributed by atoms with Crippen molar-refractivity contribution < 1.29 is 0 Å². The van der Waals surface area contributed by atoms with E-state index in [4.69, 9.17) is 0 Å². The number of fused-ring (bicyclic) bond motifs is 4. The van der Waals surface area contributed by atoms with E-state index < -0.39 is 0 Å². The highest BCUT2D eigenvalue weighted by Crippen LogP contribution is 2.45. The molecule has 13 rings (SSSR count). The number of hydrogen-bond acceptors (Lipinski definition) is 0. The first-order valence-corrected chi connectivity index (χ1v) is 21.4. The van der Waals surface area contributed by atoms with Gasteiger partial charge in [0.2, 0.25) is 13.4 Å². The molecule has 6 heterocycles. The molecule has 7 aromatic carbocycles. The molecule has 0 N–H and O–H groups in total. The van der Waals surface area contributed by atoms with Crippen LogP contribution < -0.4 is 49.2 Å². The van der Waals surface area contributed by atoms with Crippen LogP contribution in [0.15, 0.2) is 109 Å². The summed E-state index contributed by atoms with van der Waals surface area (Å²) in [6, 6.07) is 42.9. The molecule has 0 spiro atoms. The number of nitrogens with zero attached hydrogens (tertiary/aromatic N) is 2. The number of rotatable bonds is 2. The Bertz CT molecular complexity index is 3200. The van der Waals surface area contributed by atoms with Gasteiger partial charge in [0.25, 0.3) is 6.71 Å². The monoisotopic (exact) mass is 742 g/mol. The summed E-state index contributed by atoms with van der Waals surface area (Å²) in [6.45, 7) is 21.8. The van der Waals surface area contributed by atoms with Crippen molar-refractivity contribution >= 4 is 113 Å². The van der Waals surface area contributed by atoms with E-state index >= 15 is 0 Å². The van der Waals surface area contributed by atoms with Gasteiger partial charge < -0.3 is 9.13 Å². The molecule has 0 saturated heterocycles. The minimum absolute atomic E-state index is 0.0240. The van der Waals surface area contributed by atoms with Gasteiger partial charge in [-0.05, 0) is 81.0 Å². The lowest BCUT2D eigenvalue weighted by Gasteiger charge is -2.43. The molecule has 4 aliphatic heterocycles. The number of benzene rings is 7. The number of para-hydroxylation sites is 2. The fourth-order valence-electron chi connectivity index (χ4n) is 12.7. The predicted octanol–water partition coefficient (Wildman–Crippen LogP) is 6.20. The second kappa shape index (κ2) is 10.5. The Labute approximate surface area is 342 Å². The number of aryl methyl sites for hydroxylation is 2. The summed E-state index contributed by atoms with van der Waals surface area (Å²) in [5.74, 6) is 0. The first-order chi connectivity index (χ1) is 27.9. The number of aromatic nitrogens is 2. The second-order valence-electron chi connectivity index (χ2n) is 20.1. The molecule has 0 bridgehead atoms. The predicted molar refractivity (Wildman–Crippen MR) is 254 cm³/mol. The fraction of sp³-hybridized carbons (Fsp3) is 0.208. The van der Waals surface area contributed by atoms with Gasteiger partial charge in [0, 0.05) is 55.0 Å². The molecular formula is C53H45B3N2. The van der Waals surface area contributed by atoms with Crippen LogP contribution in [0.25, 0.3) is 55.0 Å². The summed E-state index contributed by atoms with van der Waals surface area (Å²) in [6.07, 6.45) is 0. The van der Waals surface area contributed by atoms with Crippen LogP contribution in [-0.2, 0) is 10.8 Å². The van der Waals surface area contributed by atoms with Crippen molar-refractivity contribution in [1.82, 2.24) is 9.13 Å². The van der Waals surface area contributed by atoms with Crippen molar-refractivity contribution in [3.63, 3.8) is 0 Å². The van der Waals surface area contributed by atoms with Crippen LogP contribution >= 0.6 is 0 Å². The van der Waals surface area contributed by atoms with Crippen LogP contribution in [-0.4, -0.2) is 29.3 Å². The SMILES string of the molecule is Cc1ccccc1B1c2c(C)c3c4c5c2-n2c6c1cccc6c1c(C(C)(C)C)ccc(c12)B5c1ccc(C(C)(C)C)c2c5cccc(c5n-4c12)B3c1ccccc1C. The standard InChI is InChI=1S/C53H45B3N2/c1-28-16-10-12-20-35(28)54-37-22-14-18-31-41-33(52(4,5)6)24-26-39-48(41)57(46(31)37)50-43(54)30(3)44-51-45(50)56(39)40-27-25-34(53(7,8)9)42-32-19-15-23-38(47(32)58(51)49(40)42)55(44)36-21-13-11-17-29(36)2/h10-27H,1-9H3. The van der Waals surface area contributed by atoms with E-state index in [-0.39, 0.29) is 31.0 Å². The van der Waals surface area contributed by atoms with Gasteiger partial charge in [-0.25, -0.2) is 0 Å². The zero-order valence-corrected chi connectivity index (χ0v) is 35.0. The quantitative estimate of drug-likeness (QED) is 0.187. The maximum absolute atomic E-state index is 2.78. The topological polar surface area (TPSA) is 9.86 Å². The maximum atomic E-state index is 2.78. The Morgan fingerprint density at radius 3 is 1.17 bits per heavy atom. The van der Waals surface area contributed by atoms with Gasteiger partial charge in [0.1, 0.15) is 0 Å². The summed E-state index contributed by atoms with van der Waals surface area (Å²) in [5, 5.41) is 5.66. The lowest BCUT2D eigenvalue weighted by atomic mass is 9.26. The molecule has 4 aliphatic rings. The van der Waals surface area contributed by atoms with E-state index in [0.29, 0.717) is 0 Å². The molecule has 0 saturated carbocycles. The Hall–Kier alpha value is -5.67. The largest absolute Gasteiger partial charge is 0.311 e. The summed E-state index contributed by atoms with van der Waals surface area (Å²) in [7, 11) is 0. The van der Waals surface area contributed by atoms with Crippen molar-refractivity contribution in [2.75, 3.05) is 0 Å². The summed E-state index contributed by atoms with van der Waals surface area (Å²) in [5.41, 5.74) is 28.5. The highest BCUT2D eigenvalue weighted by atomic mass is 15.0. The highest BCUT2D eigenvalue weighted by Gasteiger charge is 2.51. The van der Waals surface area contributed by atoms with Crippen LogP contribution in [0.2, 0.25) is 0 Å². The van der Waals surface area contributed by atoms with Crippen LogP contribution in [0.4, 0.5) is 0 Å². The fourth-order valence-corrected chi connectivity index (χ4v) is 12.7. The van der Waals surface area contributed by atoms with E-state index in [9.17, 15) is 0 Å². The lowest BCUT2D eigenvalue weighted by molar-refractivity contribution is 0.596. The number of hydrogen-bond donors (Lipinski definition) is 0. The summed E-state index contributed by atoms with van der Waals surface area (Å²) in [4.78, 5) is 0. The van der Waals surface area contributed by atoms with Crippen LogP contribution in [0.3, 0.4) is 0 Å². The van der Waals surface area contributed by atoms with Gasteiger partial charge in [-0.15, -0.1) is 0 Å². The van der Waals surface area contributed by atoms with Gasteiger partial charge in [0.05, 0.1) is 0 Å². The summed E-state index contributed by atoms with van der Waals surface area (Å²) >= 11 is 0. The van der Waals surface area contributed by atoms with E-state index in [1.807, 2.05) is 0 Å². The minimum Gasteiger partial charge on any atom is -0.311 e. The van der Waals surface area contributed by atoms with E-state index in [2.05, 4.69) is 181 Å². The summed E-state index contributed by atoms with van der Waals surface area (Å²) < 4.78 is 5.56. The average Bonchev–Trinajstić information content (AvgIpc) is 3.73. The zero-order valence-electron chi connectivity index (χ0n) is 35.0. The molecule has 58 heavy (non-hydrogen) atoms. The normalized spacial score (nSPS) is 14.5. The third-order valence-electron chi connectivity index (χ3n) is 15.0. The van der Waals surface area contributed by atoms with Crippen LogP contribution in [0.1, 0.15) is 69.4 Å².